The Morgan fingerprint density at radius 3 is 1.89 bits per heavy atom. The van der Waals surface area contributed by atoms with Crippen LogP contribution in [-0.2, 0) is 47.6 Å². The summed E-state index contributed by atoms with van der Waals surface area (Å²) in [4.78, 5) is 46.1. The number of hydrogen-bond donors (Lipinski definition) is 0. The molecule has 10 heteroatoms. The van der Waals surface area contributed by atoms with Gasteiger partial charge in [-0.25, -0.2) is 4.79 Å². The molecule has 1 saturated heterocycles. The minimum Gasteiger partial charge on any atom is -0.460 e. The summed E-state index contributed by atoms with van der Waals surface area (Å²) in [6, 6.07) is 0. The number of methoxy groups -OCH3 is 1. The Kier molecular flexibility index (Phi) is 8.89. The van der Waals surface area contributed by atoms with Crippen LogP contribution in [0.2, 0.25) is 0 Å². The van der Waals surface area contributed by atoms with Gasteiger partial charge in [0.25, 0.3) is 0 Å². The Hall–Kier alpha value is -2.46. The highest BCUT2D eigenvalue weighted by atomic mass is 16.7. The standard InChI is InChI=1S/C17H24O10/c1-6-7-13(21)23-8-12-14(24-9(2)18)15(25-10(3)19)16(26-11(4)20)17(22-5)27-12/h6-7,12,14-17H,8H2,1-5H3/b7-6+/t12-,14-,15+,16-,17+/m1/s1. The predicted octanol–water partition coefficient (Wildman–Crippen LogP) is 0.272. The Morgan fingerprint density at radius 1 is 0.889 bits per heavy atom. The SMILES string of the molecule is C/C=C/C(=O)OC[C@H]1O[C@H](OC)[C@H](OC(C)=O)[C@@H](OC(C)=O)[C@@H]1OC(C)=O. The van der Waals surface area contributed by atoms with E-state index in [0.29, 0.717) is 0 Å². The molecule has 27 heavy (non-hydrogen) atoms. The third-order valence-electron chi connectivity index (χ3n) is 3.42. The summed E-state index contributed by atoms with van der Waals surface area (Å²) >= 11 is 0. The van der Waals surface area contributed by atoms with Gasteiger partial charge in [0.15, 0.2) is 24.6 Å². The summed E-state index contributed by atoms with van der Waals surface area (Å²) in [5, 5.41) is 0. The molecule has 0 spiro atoms. The lowest BCUT2D eigenvalue weighted by molar-refractivity contribution is -0.302. The van der Waals surface area contributed by atoms with Gasteiger partial charge in [-0.2, -0.15) is 0 Å². The van der Waals surface area contributed by atoms with E-state index in [0.717, 1.165) is 20.8 Å². The zero-order chi connectivity index (χ0) is 20.6. The predicted molar refractivity (Wildman–Crippen MR) is 88.1 cm³/mol. The van der Waals surface area contributed by atoms with Crippen LogP contribution < -0.4 is 0 Å². The molecule has 152 valence electrons. The molecule has 0 aromatic rings. The normalized spacial score (nSPS) is 27.7. The van der Waals surface area contributed by atoms with Crippen LogP contribution in [0.15, 0.2) is 12.2 Å². The number of hydrogen-bond acceptors (Lipinski definition) is 10. The molecular formula is C17H24O10. The molecule has 10 nitrogen and oxygen atoms in total. The minimum atomic E-state index is -1.22. The van der Waals surface area contributed by atoms with Crippen molar-refractivity contribution in [2.45, 2.75) is 58.4 Å². The minimum absolute atomic E-state index is 0.314. The van der Waals surface area contributed by atoms with E-state index in [9.17, 15) is 19.2 Å². The van der Waals surface area contributed by atoms with Gasteiger partial charge in [0.2, 0.25) is 0 Å². The van der Waals surface area contributed by atoms with Crippen LogP contribution in [0.1, 0.15) is 27.7 Å². The van der Waals surface area contributed by atoms with E-state index in [1.807, 2.05) is 0 Å². The molecule has 0 aromatic carbocycles. The number of carbonyl (C=O) groups excluding carboxylic acids is 4. The molecule has 1 aliphatic heterocycles. The average Bonchev–Trinajstić information content (AvgIpc) is 2.56. The van der Waals surface area contributed by atoms with Gasteiger partial charge in [0, 0.05) is 34.0 Å². The zero-order valence-electron chi connectivity index (χ0n) is 15.8. The Balaban J connectivity index is 3.16. The second-order valence-electron chi connectivity index (χ2n) is 5.63. The van der Waals surface area contributed by atoms with Crippen LogP contribution in [0, 0.1) is 0 Å². The van der Waals surface area contributed by atoms with Crippen LogP contribution in [0.4, 0.5) is 0 Å². The fraction of sp³-hybridized carbons (Fsp3) is 0.647. The summed E-state index contributed by atoms with van der Waals surface area (Å²) in [6.07, 6.45) is -3.09. The first-order chi connectivity index (χ1) is 12.7. The van der Waals surface area contributed by atoms with Crippen molar-refractivity contribution in [3.63, 3.8) is 0 Å². The highest BCUT2D eigenvalue weighted by molar-refractivity contribution is 5.81. The smallest absolute Gasteiger partial charge is 0.330 e. The van der Waals surface area contributed by atoms with Crippen molar-refractivity contribution >= 4 is 23.9 Å². The molecule has 1 fully saturated rings. The monoisotopic (exact) mass is 388 g/mol. The van der Waals surface area contributed by atoms with E-state index in [1.165, 1.54) is 19.3 Å². The van der Waals surface area contributed by atoms with Crippen molar-refractivity contribution in [1.82, 2.24) is 0 Å². The maximum atomic E-state index is 11.6. The van der Waals surface area contributed by atoms with Gasteiger partial charge in [-0.3, -0.25) is 14.4 Å². The fourth-order valence-electron chi connectivity index (χ4n) is 2.53. The lowest BCUT2D eigenvalue weighted by atomic mass is 9.98. The third kappa shape index (κ3) is 6.99. The van der Waals surface area contributed by atoms with E-state index in [4.69, 9.17) is 28.4 Å². The Bertz CT molecular complexity index is 584. The summed E-state index contributed by atoms with van der Waals surface area (Å²) < 4.78 is 31.5. The quantitative estimate of drug-likeness (QED) is 0.341. The van der Waals surface area contributed by atoms with Crippen molar-refractivity contribution in [3.8, 4) is 0 Å². The van der Waals surface area contributed by atoms with Gasteiger partial charge >= 0.3 is 23.9 Å². The second-order valence-corrected chi connectivity index (χ2v) is 5.63. The van der Waals surface area contributed by atoms with Crippen LogP contribution >= 0.6 is 0 Å². The average molecular weight is 388 g/mol. The van der Waals surface area contributed by atoms with Crippen molar-refractivity contribution in [3.05, 3.63) is 12.2 Å². The molecular weight excluding hydrogens is 364 g/mol. The van der Waals surface area contributed by atoms with E-state index in [-0.39, 0.29) is 6.61 Å². The zero-order valence-corrected chi connectivity index (χ0v) is 15.8. The van der Waals surface area contributed by atoms with Crippen molar-refractivity contribution in [2.75, 3.05) is 13.7 Å². The lowest BCUT2D eigenvalue weighted by Crippen LogP contribution is -2.62. The van der Waals surface area contributed by atoms with Crippen LogP contribution in [0.3, 0.4) is 0 Å². The lowest BCUT2D eigenvalue weighted by Gasteiger charge is -2.43. The molecule has 0 aromatic heterocycles. The summed E-state index contributed by atoms with van der Waals surface area (Å²) in [5.41, 5.74) is 0. The Labute approximate surface area is 156 Å². The largest absolute Gasteiger partial charge is 0.460 e. The first kappa shape index (κ1) is 22.6. The highest BCUT2D eigenvalue weighted by Gasteiger charge is 2.52. The molecule has 0 unspecified atom stereocenters. The van der Waals surface area contributed by atoms with Gasteiger partial charge in [-0.1, -0.05) is 6.08 Å². The molecule has 0 saturated carbocycles. The maximum Gasteiger partial charge on any atom is 0.330 e. The molecule has 0 N–H and O–H groups in total. The summed E-state index contributed by atoms with van der Waals surface area (Å²) in [6.45, 7) is 4.78. The van der Waals surface area contributed by atoms with Crippen molar-refractivity contribution in [1.29, 1.82) is 0 Å². The number of rotatable bonds is 7. The fourth-order valence-corrected chi connectivity index (χ4v) is 2.53. The molecule has 1 rings (SSSR count). The number of allylic oxidation sites excluding steroid dienone is 1. The number of esters is 4. The molecule has 5 atom stereocenters. The summed E-state index contributed by atoms with van der Waals surface area (Å²) in [7, 11) is 1.29. The van der Waals surface area contributed by atoms with Gasteiger partial charge < -0.3 is 28.4 Å². The molecule has 1 aliphatic rings. The van der Waals surface area contributed by atoms with Gasteiger partial charge in [0.1, 0.15) is 12.7 Å². The van der Waals surface area contributed by atoms with E-state index < -0.39 is 54.6 Å². The van der Waals surface area contributed by atoms with Crippen LogP contribution in [0.5, 0.6) is 0 Å². The molecule has 0 amide bonds. The third-order valence-corrected chi connectivity index (χ3v) is 3.42. The first-order valence-corrected chi connectivity index (χ1v) is 8.19. The van der Waals surface area contributed by atoms with Crippen molar-refractivity contribution in [2.24, 2.45) is 0 Å². The molecule has 0 bridgehead atoms. The van der Waals surface area contributed by atoms with Gasteiger partial charge in [-0.05, 0) is 6.92 Å². The second kappa shape index (κ2) is 10.6. The number of carbonyl (C=O) groups is 4. The highest BCUT2D eigenvalue weighted by Crippen LogP contribution is 2.29. The van der Waals surface area contributed by atoms with Crippen molar-refractivity contribution < 1.29 is 47.6 Å². The van der Waals surface area contributed by atoms with Crippen LogP contribution in [-0.4, -0.2) is 68.3 Å². The van der Waals surface area contributed by atoms with E-state index >= 15 is 0 Å². The van der Waals surface area contributed by atoms with Crippen LogP contribution in [0.25, 0.3) is 0 Å². The van der Waals surface area contributed by atoms with Gasteiger partial charge in [0.05, 0.1) is 0 Å². The summed E-state index contributed by atoms with van der Waals surface area (Å²) in [5.74, 6) is -2.70. The Morgan fingerprint density at radius 2 is 1.41 bits per heavy atom. The number of ether oxygens (including phenoxy) is 6. The molecule has 0 aliphatic carbocycles. The first-order valence-electron chi connectivity index (χ1n) is 8.19. The topological polar surface area (TPSA) is 124 Å². The van der Waals surface area contributed by atoms with E-state index in [2.05, 4.69) is 0 Å². The molecule has 0 radical (unpaired) electrons. The van der Waals surface area contributed by atoms with E-state index in [1.54, 1.807) is 6.92 Å². The maximum absolute atomic E-state index is 11.6. The van der Waals surface area contributed by atoms with Gasteiger partial charge in [-0.15, -0.1) is 0 Å². The molecule has 1 heterocycles.